The van der Waals surface area contributed by atoms with Crippen molar-refractivity contribution >= 4 is 17.1 Å². The molecule has 3 heteroatoms. The summed E-state index contributed by atoms with van der Waals surface area (Å²) in [6.07, 6.45) is 2.20. The molecule has 0 aromatic rings. The van der Waals surface area contributed by atoms with E-state index in [1.807, 2.05) is 0 Å². The Hall–Kier alpha value is -0.180. The molecule has 0 radical (unpaired) electrons. The van der Waals surface area contributed by atoms with Gasteiger partial charge in [-0.15, -0.1) is 0 Å². The molecule has 2 nitrogen and oxygen atoms in total. The van der Waals surface area contributed by atoms with Crippen LogP contribution in [0.3, 0.4) is 0 Å². The highest BCUT2D eigenvalue weighted by Gasteiger charge is 2.00. The van der Waals surface area contributed by atoms with Crippen LogP contribution in [0.4, 0.5) is 0 Å². The fourth-order valence-electron chi connectivity index (χ4n) is 0.0782. The summed E-state index contributed by atoms with van der Waals surface area (Å²) < 4.78 is 10.3. The molecule has 0 rings (SSSR count). The molecule has 0 saturated carbocycles. The molecule has 0 fully saturated rings. The molecule has 0 aliphatic heterocycles. The monoisotopic (exact) mass is 120 g/mol. The summed E-state index contributed by atoms with van der Waals surface area (Å²) >= 11 is 0. The second kappa shape index (κ2) is 2.91. The van der Waals surface area contributed by atoms with Crippen molar-refractivity contribution in [2.24, 2.45) is 0 Å². The van der Waals surface area contributed by atoms with Gasteiger partial charge in [-0.1, -0.05) is 0 Å². The van der Waals surface area contributed by atoms with Crippen LogP contribution < -0.4 is 0 Å². The fourth-order valence-corrected chi connectivity index (χ4v) is 0.235. The molecule has 7 heavy (non-hydrogen) atoms. The molecule has 0 heterocycles. The van der Waals surface area contributed by atoms with Crippen molar-refractivity contribution in [1.29, 1.82) is 0 Å². The lowest BCUT2D eigenvalue weighted by molar-refractivity contribution is -0.107. The summed E-state index contributed by atoms with van der Waals surface area (Å²) in [4.78, 5) is 9.75. The van der Waals surface area contributed by atoms with Gasteiger partial charge in [-0.05, 0) is 6.92 Å². The Morgan fingerprint density at radius 1 is 1.71 bits per heavy atom. The van der Waals surface area contributed by atoms with Crippen molar-refractivity contribution in [2.45, 2.75) is 12.2 Å². The van der Waals surface area contributed by atoms with Gasteiger partial charge >= 0.3 is 0 Å². The maximum absolute atomic E-state index is 10.3. The van der Waals surface area contributed by atoms with Crippen LogP contribution in [0.1, 0.15) is 6.92 Å². The standard InChI is InChI=1S/C4H8O2S/c1-4(3-5)7(2)6/h3-4H,1-2H3. The second-order valence-corrected chi connectivity index (χ2v) is 3.08. The number of carbonyl (C=O) groups is 1. The molecule has 0 aromatic heterocycles. The topological polar surface area (TPSA) is 34.1 Å². The summed E-state index contributed by atoms with van der Waals surface area (Å²) in [5.41, 5.74) is 0. The first-order chi connectivity index (χ1) is 3.18. The van der Waals surface area contributed by atoms with Crippen molar-refractivity contribution in [3.8, 4) is 0 Å². The van der Waals surface area contributed by atoms with Gasteiger partial charge < -0.3 is 4.79 Å². The first-order valence-corrected chi connectivity index (χ1v) is 3.58. The van der Waals surface area contributed by atoms with E-state index in [0.29, 0.717) is 6.29 Å². The summed E-state index contributed by atoms with van der Waals surface area (Å²) in [7, 11) is -0.978. The van der Waals surface area contributed by atoms with Gasteiger partial charge in [0.25, 0.3) is 0 Å². The number of rotatable bonds is 2. The second-order valence-electron chi connectivity index (χ2n) is 1.34. The highest BCUT2D eigenvalue weighted by molar-refractivity contribution is 7.85. The van der Waals surface area contributed by atoms with E-state index in [1.54, 1.807) is 6.92 Å². The lowest BCUT2D eigenvalue weighted by Gasteiger charge is -1.91. The van der Waals surface area contributed by atoms with Gasteiger partial charge in [-0.2, -0.15) is 0 Å². The van der Waals surface area contributed by atoms with Gasteiger partial charge in [0, 0.05) is 17.1 Å². The van der Waals surface area contributed by atoms with E-state index < -0.39 is 10.8 Å². The largest absolute Gasteiger partial charge is 0.302 e. The van der Waals surface area contributed by atoms with E-state index in [-0.39, 0.29) is 5.25 Å². The molecule has 0 amide bonds. The van der Waals surface area contributed by atoms with Crippen LogP contribution in [-0.2, 0) is 15.6 Å². The van der Waals surface area contributed by atoms with Crippen LogP contribution in [0.5, 0.6) is 0 Å². The van der Waals surface area contributed by atoms with Crippen molar-refractivity contribution in [1.82, 2.24) is 0 Å². The van der Waals surface area contributed by atoms with Crippen molar-refractivity contribution in [3.05, 3.63) is 0 Å². The molecule has 0 bridgehead atoms. The Balaban J connectivity index is 3.55. The van der Waals surface area contributed by atoms with E-state index in [0.717, 1.165) is 0 Å². The Labute approximate surface area is 45.4 Å². The Bertz CT molecular complexity index is 89.7. The zero-order valence-electron chi connectivity index (χ0n) is 4.38. The third kappa shape index (κ3) is 2.51. The smallest absolute Gasteiger partial charge is 0.135 e. The van der Waals surface area contributed by atoms with Gasteiger partial charge in [0.2, 0.25) is 0 Å². The normalized spacial score (nSPS) is 18.0. The Morgan fingerprint density at radius 2 is 2.14 bits per heavy atom. The van der Waals surface area contributed by atoms with Crippen LogP contribution >= 0.6 is 0 Å². The summed E-state index contributed by atoms with van der Waals surface area (Å²) in [5, 5.41) is -0.306. The first kappa shape index (κ1) is 6.82. The maximum Gasteiger partial charge on any atom is 0.135 e. The molecular weight excluding hydrogens is 112 g/mol. The molecule has 42 valence electrons. The quantitative estimate of drug-likeness (QED) is 0.479. The molecule has 0 aliphatic carbocycles. The number of hydrogen-bond donors (Lipinski definition) is 0. The minimum Gasteiger partial charge on any atom is -0.302 e. The Morgan fingerprint density at radius 3 is 2.14 bits per heavy atom. The van der Waals surface area contributed by atoms with Gasteiger partial charge in [-0.3, -0.25) is 4.21 Å². The predicted molar refractivity (Wildman–Crippen MR) is 29.6 cm³/mol. The fraction of sp³-hybridized carbons (Fsp3) is 0.750. The molecule has 0 aromatic carbocycles. The summed E-state index contributed by atoms with van der Waals surface area (Å²) in [6.45, 7) is 1.63. The van der Waals surface area contributed by atoms with Gasteiger partial charge in [-0.25, -0.2) is 0 Å². The van der Waals surface area contributed by atoms with Gasteiger partial charge in [0.15, 0.2) is 0 Å². The van der Waals surface area contributed by atoms with Crippen molar-refractivity contribution < 1.29 is 9.00 Å². The zero-order valence-corrected chi connectivity index (χ0v) is 5.20. The van der Waals surface area contributed by atoms with Crippen LogP contribution in [0.15, 0.2) is 0 Å². The minimum atomic E-state index is -0.978. The molecule has 0 spiro atoms. The first-order valence-electron chi connectivity index (χ1n) is 1.96. The number of aldehydes is 1. The highest BCUT2D eigenvalue weighted by Crippen LogP contribution is 1.83. The predicted octanol–water partition coefficient (Wildman–Crippen LogP) is -0.0477. The zero-order chi connectivity index (χ0) is 5.86. The van der Waals surface area contributed by atoms with E-state index in [4.69, 9.17) is 0 Å². The van der Waals surface area contributed by atoms with Crippen LogP contribution in [0.25, 0.3) is 0 Å². The Kier molecular flexibility index (Phi) is 2.83. The number of hydrogen-bond acceptors (Lipinski definition) is 2. The lowest BCUT2D eigenvalue weighted by Crippen LogP contribution is -2.09. The van der Waals surface area contributed by atoms with Crippen molar-refractivity contribution in [3.63, 3.8) is 0 Å². The van der Waals surface area contributed by atoms with E-state index in [1.165, 1.54) is 6.26 Å². The van der Waals surface area contributed by atoms with Crippen molar-refractivity contribution in [2.75, 3.05) is 6.26 Å². The van der Waals surface area contributed by atoms with E-state index in [9.17, 15) is 9.00 Å². The molecule has 0 N–H and O–H groups in total. The average molecular weight is 120 g/mol. The highest BCUT2D eigenvalue weighted by atomic mass is 32.2. The van der Waals surface area contributed by atoms with Gasteiger partial charge in [0.1, 0.15) is 6.29 Å². The van der Waals surface area contributed by atoms with E-state index >= 15 is 0 Å². The van der Waals surface area contributed by atoms with Crippen LogP contribution in [0.2, 0.25) is 0 Å². The molecular formula is C4H8O2S. The third-order valence-corrected chi connectivity index (χ3v) is 1.87. The molecule has 0 saturated heterocycles. The SMILES string of the molecule is CC(C=O)S(C)=O. The third-order valence-electron chi connectivity index (χ3n) is 0.715. The van der Waals surface area contributed by atoms with E-state index in [2.05, 4.69) is 0 Å². The summed E-state index contributed by atoms with van der Waals surface area (Å²) in [6, 6.07) is 0. The maximum atomic E-state index is 10.3. The molecule has 0 aliphatic rings. The lowest BCUT2D eigenvalue weighted by atomic mass is 10.5. The molecule has 2 unspecified atom stereocenters. The average Bonchev–Trinajstić information content (AvgIpc) is 1.65. The minimum absolute atomic E-state index is 0.306. The summed E-state index contributed by atoms with van der Waals surface area (Å²) in [5.74, 6) is 0. The van der Waals surface area contributed by atoms with Gasteiger partial charge in [0.05, 0.1) is 5.25 Å². The number of carbonyl (C=O) groups excluding carboxylic acids is 1. The molecule has 2 atom stereocenters. The van der Waals surface area contributed by atoms with Crippen LogP contribution in [0, 0.1) is 0 Å². The van der Waals surface area contributed by atoms with Crippen LogP contribution in [-0.4, -0.2) is 22.0 Å².